The zero-order chi connectivity index (χ0) is 19.9. The minimum Gasteiger partial charge on any atom is -0.383 e. The van der Waals surface area contributed by atoms with Crippen LogP contribution in [0.2, 0.25) is 0 Å². The topological polar surface area (TPSA) is 43.6 Å². The van der Waals surface area contributed by atoms with E-state index in [9.17, 15) is 9.18 Å². The normalized spacial score (nSPS) is 12.0. The Labute approximate surface area is 172 Å². The molecule has 2 aromatic carbocycles. The number of nitrogens with zero attached hydrogens (tertiary/aromatic N) is 2. The fourth-order valence-corrected chi connectivity index (χ4v) is 4.71. The van der Waals surface area contributed by atoms with E-state index in [4.69, 9.17) is 4.74 Å². The lowest BCUT2D eigenvalue weighted by molar-refractivity contribution is -0.118. The number of halogens is 1. The number of carbonyl (C=O) groups is 1. The molecule has 0 fully saturated rings. The summed E-state index contributed by atoms with van der Waals surface area (Å²) in [5.41, 5.74) is 1.71. The molecule has 7 heteroatoms. The highest BCUT2D eigenvalue weighted by Gasteiger charge is 2.11. The predicted octanol–water partition coefficient (Wildman–Crippen LogP) is 4.80. The number of ether oxygens (including phenoxy) is 1. The molecular formula is C21H23FN2O2S2. The first-order chi connectivity index (χ1) is 13.6. The number of fused-ring (bicyclic) bond motifs is 1. The number of aromatic nitrogens is 1. The maximum Gasteiger partial charge on any atom is 0.248 e. The number of thioether (sulfide) groups is 1. The van der Waals surface area contributed by atoms with E-state index in [0.717, 1.165) is 16.9 Å². The molecule has 0 spiro atoms. The molecule has 0 radical (unpaired) electrons. The highest BCUT2D eigenvalue weighted by Crippen LogP contribution is 2.21. The van der Waals surface area contributed by atoms with Crippen LogP contribution in [0.15, 0.2) is 52.4 Å². The Morgan fingerprint density at radius 2 is 2.04 bits per heavy atom. The average Bonchev–Trinajstić information content (AvgIpc) is 3.03. The van der Waals surface area contributed by atoms with Crippen molar-refractivity contribution >= 4 is 39.2 Å². The smallest absolute Gasteiger partial charge is 0.248 e. The van der Waals surface area contributed by atoms with Gasteiger partial charge in [-0.3, -0.25) is 4.79 Å². The predicted molar refractivity (Wildman–Crippen MR) is 113 cm³/mol. The average molecular weight is 419 g/mol. The van der Waals surface area contributed by atoms with Crippen molar-refractivity contribution in [2.45, 2.75) is 31.2 Å². The molecule has 0 unspecified atom stereocenters. The van der Waals surface area contributed by atoms with Crippen LogP contribution >= 0.6 is 23.1 Å². The van der Waals surface area contributed by atoms with Gasteiger partial charge in [-0.1, -0.05) is 35.1 Å². The van der Waals surface area contributed by atoms with Crippen molar-refractivity contribution in [2.24, 2.45) is 4.99 Å². The fourth-order valence-electron chi connectivity index (χ4n) is 2.77. The van der Waals surface area contributed by atoms with Crippen LogP contribution in [0.1, 0.15) is 18.4 Å². The molecule has 3 rings (SSSR count). The maximum absolute atomic E-state index is 14.3. The van der Waals surface area contributed by atoms with Crippen LogP contribution in [0, 0.1) is 12.7 Å². The van der Waals surface area contributed by atoms with E-state index in [1.807, 2.05) is 6.07 Å². The molecule has 0 atom stereocenters. The van der Waals surface area contributed by atoms with Gasteiger partial charge in [-0.15, -0.1) is 11.8 Å². The second-order valence-corrected chi connectivity index (χ2v) is 8.56. The number of hydrogen-bond donors (Lipinski definition) is 0. The van der Waals surface area contributed by atoms with Gasteiger partial charge in [0.15, 0.2) is 4.80 Å². The van der Waals surface area contributed by atoms with E-state index in [0.29, 0.717) is 29.9 Å². The molecule has 0 bridgehead atoms. The lowest BCUT2D eigenvalue weighted by Crippen LogP contribution is -2.19. The number of hydrogen-bond acceptors (Lipinski definition) is 4. The molecule has 148 valence electrons. The summed E-state index contributed by atoms with van der Waals surface area (Å²) in [6.45, 7) is 2.94. The largest absolute Gasteiger partial charge is 0.383 e. The Hall–Kier alpha value is -1.96. The molecule has 0 aliphatic rings. The van der Waals surface area contributed by atoms with Gasteiger partial charge in [0, 0.05) is 25.0 Å². The van der Waals surface area contributed by atoms with Crippen molar-refractivity contribution < 1.29 is 13.9 Å². The van der Waals surface area contributed by atoms with Gasteiger partial charge in [0.25, 0.3) is 0 Å². The van der Waals surface area contributed by atoms with Crippen LogP contribution in [0.4, 0.5) is 4.39 Å². The molecule has 0 saturated carbocycles. The van der Waals surface area contributed by atoms with Gasteiger partial charge in [0.05, 0.1) is 16.8 Å². The Morgan fingerprint density at radius 1 is 1.25 bits per heavy atom. The van der Waals surface area contributed by atoms with Crippen LogP contribution in [-0.2, 0) is 16.1 Å². The summed E-state index contributed by atoms with van der Waals surface area (Å²) >= 11 is 3.06. The van der Waals surface area contributed by atoms with E-state index in [1.54, 1.807) is 29.5 Å². The Kier molecular flexibility index (Phi) is 7.42. The summed E-state index contributed by atoms with van der Waals surface area (Å²) < 4.78 is 21.9. The van der Waals surface area contributed by atoms with Gasteiger partial charge >= 0.3 is 0 Å². The van der Waals surface area contributed by atoms with Crippen molar-refractivity contribution in [3.05, 3.63) is 58.6 Å². The van der Waals surface area contributed by atoms with Crippen LogP contribution in [0.5, 0.6) is 0 Å². The molecule has 0 aliphatic heterocycles. The van der Waals surface area contributed by atoms with Gasteiger partial charge in [-0.05, 0) is 43.4 Å². The Morgan fingerprint density at radius 3 is 2.79 bits per heavy atom. The highest BCUT2D eigenvalue weighted by molar-refractivity contribution is 7.99. The molecule has 1 heterocycles. The van der Waals surface area contributed by atoms with Crippen LogP contribution in [0.25, 0.3) is 10.2 Å². The quantitative estimate of drug-likeness (QED) is 0.390. The first-order valence-corrected chi connectivity index (χ1v) is 10.9. The third kappa shape index (κ3) is 5.31. The van der Waals surface area contributed by atoms with Gasteiger partial charge in [-0.25, -0.2) is 4.39 Å². The molecule has 28 heavy (non-hydrogen) atoms. The number of benzene rings is 2. The zero-order valence-corrected chi connectivity index (χ0v) is 17.6. The monoisotopic (exact) mass is 418 g/mol. The number of rotatable bonds is 8. The Balaban J connectivity index is 1.67. The third-order valence-corrected chi connectivity index (χ3v) is 6.36. The lowest BCUT2D eigenvalue weighted by Gasteiger charge is -2.05. The minimum absolute atomic E-state index is 0.178. The summed E-state index contributed by atoms with van der Waals surface area (Å²) in [6, 6.07) is 13.3. The van der Waals surface area contributed by atoms with Crippen LogP contribution in [-0.4, -0.2) is 29.9 Å². The number of aryl methyl sites for hydroxylation is 1. The number of carbonyl (C=O) groups excluding carboxylic acids is 1. The molecule has 0 aliphatic carbocycles. The maximum atomic E-state index is 14.3. The molecule has 1 aromatic heterocycles. The first kappa shape index (κ1) is 20.8. The lowest BCUT2D eigenvalue weighted by atomic mass is 10.2. The third-order valence-electron chi connectivity index (χ3n) is 4.22. The molecule has 1 amide bonds. The van der Waals surface area contributed by atoms with E-state index in [1.165, 1.54) is 27.9 Å². The summed E-state index contributed by atoms with van der Waals surface area (Å²) in [4.78, 5) is 18.3. The standard InChI is InChI=1S/C21H23FN2O2S2/c1-15-8-10-16(11-9-15)27-14-4-7-19(25)23-21-24(12-13-26-2)20-17(22)5-3-6-18(20)28-21/h3,5-6,8-11H,4,7,12-14H2,1-2H3. The van der Waals surface area contributed by atoms with Crippen LogP contribution in [0.3, 0.4) is 0 Å². The van der Waals surface area contributed by atoms with E-state index >= 15 is 0 Å². The molecule has 0 N–H and O–H groups in total. The van der Waals surface area contributed by atoms with Crippen molar-refractivity contribution in [1.82, 2.24) is 4.57 Å². The zero-order valence-electron chi connectivity index (χ0n) is 16.0. The van der Waals surface area contributed by atoms with Gasteiger partial charge < -0.3 is 9.30 Å². The molecule has 0 saturated heterocycles. The van der Waals surface area contributed by atoms with Crippen molar-refractivity contribution in [1.29, 1.82) is 0 Å². The Bertz CT molecular complexity index is 1010. The molecule has 3 aromatic rings. The number of amides is 1. The molecular weight excluding hydrogens is 395 g/mol. The number of methoxy groups -OCH3 is 1. The number of para-hydroxylation sites is 1. The van der Waals surface area contributed by atoms with E-state index in [-0.39, 0.29) is 11.7 Å². The second-order valence-electron chi connectivity index (χ2n) is 6.39. The SMILES string of the molecule is COCCn1c(=NC(=O)CCCSc2ccc(C)cc2)sc2cccc(F)c21. The molecule has 4 nitrogen and oxygen atoms in total. The van der Waals surface area contributed by atoms with Gasteiger partial charge in [-0.2, -0.15) is 4.99 Å². The van der Waals surface area contributed by atoms with E-state index in [2.05, 4.69) is 36.2 Å². The second kappa shape index (κ2) is 10.0. The van der Waals surface area contributed by atoms with Crippen molar-refractivity contribution in [3.8, 4) is 0 Å². The van der Waals surface area contributed by atoms with E-state index < -0.39 is 0 Å². The minimum atomic E-state index is -0.312. The van der Waals surface area contributed by atoms with Crippen molar-refractivity contribution in [3.63, 3.8) is 0 Å². The summed E-state index contributed by atoms with van der Waals surface area (Å²) in [6.07, 6.45) is 1.12. The van der Waals surface area contributed by atoms with Crippen molar-refractivity contribution in [2.75, 3.05) is 19.5 Å². The number of thiazole rings is 1. The first-order valence-electron chi connectivity index (χ1n) is 9.12. The van der Waals surface area contributed by atoms with Gasteiger partial charge in [0.2, 0.25) is 5.91 Å². The highest BCUT2D eigenvalue weighted by atomic mass is 32.2. The van der Waals surface area contributed by atoms with Gasteiger partial charge in [0.1, 0.15) is 5.82 Å². The van der Waals surface area contributed by atoms with Crippen LogP contribution < -0.4 is 4.80 Å². The summed E-state index contributed by atoms with van der Waals surface area (Å²) in [7, 11) is 1.60. The fraction of sp³-hybridized carbons (Fsp3) is 0.333. The summed E-state index contributed by atoms with van der Waals surface area (Å²) in [5, 5.41) is 0. The summed E-state index contributed by atoms with van der Waals surface area (Å²) in [5.74, 6) is 0.366.